The van der Waals surface area contributed by atoms with Crippen molar-refractivity contribution in [3.05, 3.63) is 46.3 Å². The van der Waals surface area contributed by atoms with Gasteiger partial charge >= 0.3 is 5.91 Å². The van der Waals surface area contributed by atoms with E-state index in [-0.39, 0.29) is 23.0 Å². The summed E-state index contributed by atoms with van der Waals surface area (Å²) in [6, 6.07) is 7.77. The van der Waals surface area contributed by atoms with Gasteiger partial charge in [-0.25, -0.2) is 0 Å². The molecule has 6 heteroatoms. The second-order valence-electron chi connectivity index (χ2n) is 4.69. The van der Waals surface area contributed by atoms with Crippen LogP contribution in [-0.4, -0.2) is 11.8 Å². The van der Waals surface area contributed by atoms with Gasteiger partial charge in [0.15, 0.2) is 11.2 Å². The molecule has 1 aromatic carbocycles. The number of carbonyl (C=O) groups is 2. The molecule has 1 heterocycles. The molecule has 0 atom stereocenters. The lowest BCUT2D eigenvalue weighted by Gasteiger charge is -2.06. The van der Waals surface area contributed by atoms with Crippen molar-refractivity contribution >= 4 is 22.8 Å². The third-order valence-electron chi connectivity index (χ3n) is 3.11. The summed E-state index contributed by atoms with van der Waals surface area (Å²) in [6.45, 7) is 0. The molecule has 6 nitrogen and oxygen atoms in total. The van der Waals surface area contributed by atoms with Crippen LogP contribution in [0.3, 0.4) is 0 Å². The van der Waals surface area contributed by atoms with Crippen molar-refractivity contribution in [1.82, 2.24) is 10.9 Å². The van der Waals surface area contributed by atoms with Crippen LogP contribution in [0.15, 0.2) is 39.5 Å². The number of para-hydroxylation sites is 1. The van der Waals surface area contributed by atoms with Gasteiger partial charge in [-0.1, -0.05) is 12.1 Å². The first kappa shape index (κ1) is 12.4. The van der Waals surface area contributed by atoms with Gasteiger partial charge in [0.1, 0.15) is 5.58 Å². The topological polar surface area (TPSA) is 88.4 Å². The highest BCUT2D eigenvalue weighted by Crippen LogP contribution is 2.28. The molecule has 20 heavy (non-hydrogen) atoms. The van der Waals surface area contributed by atoms with Gasteiger partial charge in [0, 0.05) is 12.0 Å². The van der Waals surface area contributed by atoms with E-state index in [1.165, 1.54) is 0 Å². The highest BCUT2D eigenvalue weighted by Gasteiger charge is 2.29. The Bertz CT molecular complexity index is 746. The fourth-order valence-corrected chi connectivity index (χ4v) is 1.84. The summed E-state index contributed by atoms with van der Waals surface area (Å²) in [4.78, 5) is 35.1. The molecule has 0 radical (unpaired) electrons. The Kier molecular flexibility index (Phi) is 2.98. The van der Waals surface area contributed by atoms with Gasteiger partial charge in [0.2, 0.25) is 5.91 Å². The molecule has 102 valence electrons. The molecule has 0 aliphatic heterocycles. The second-order valence-corrected chi connectivity index (χ2v) is 4.69. The number of hydrogen-bond acceptors (Lipinski definition) is 4. The molecule has 1 saturated carbocycles. The predicted molar refractivity (Wildman–Crippen MR) is 70.8 cm³/mol. The van der Waals surface area contributed by atoms with Gasteiger partial charge in [-0.05, 0) is 25.0 Å². The van der Waals surface area contributed by atoms with Crippen molar-refractivity contribution in [2.45, 2.75) is 12.8 Å². The minimum absolute atomic E-state index is 0.0149. The lowest BCUT2D eigenvalue weighted by atomic mass is 10.2. The van der Waals surface area contributed by atoms with Crippen LogP contribution in [0.4, 0.5) is 0 Å². The zero-order valence-corrected chi connectivity index (χ0v) is 10.5. The monoisotopic (exact) mass is 272 g/mol. The van der Waals surface area contributed by atoms with Gasteiger partial charge < -0.3 is 4.42 Å². The van der Waals surface area contributed by atoms with Crippen LogP contribution in [0.5, 0.6) is 0 Å². The maximum atomic E-state index is 11.8. The number of fused-ring (bicyclic) bond motifs is 1. The normalized spacial score (nSPS) is 14.0. The van der Waals surface area contributed by atoms with Gasteiger partial charge in [-0.3, -0.25) is 25.2 Å². The van der Waals surface area contributed by atoms with E-state index < -0.39 is 5.91 Å². The molecule has 0 unspecified atom stereocenters. The summed E-state index contributed by atoms with van der Waals surface area (Å²) in [5.41, 5.74) is 4.58. The molecular weight excluding hydrogens is 260 g/mol. The van der Waals surface area contributed by atoms with Gasteiger partial charge in [0.25, 0.3) is 0 Å². The average Bonchev–Trinajstić information content (AvgIpc) is 3.29. The zero-order chi connectivity index (χ0) is 14.1. The molecule has 2 aromatic rings. The van der Waals surface area contributed by atoms with Crippen LogP contribution in [0.25, 0.3) is 11.0 Å². The Hall–Kier alpha value is -2.63. The Morgan fingerprint density at radius 1 is 1.15 bits per heavy atom. The van der Waals surface area contributed by atoms with Crippen molar-refractivity contribution in [3.8, 4) is 0 Å². The van der Waals surface area contributed by atoms with Crippen LogP contribution in [0.1, 0.15) is 23.4 Å². The van der Waals surface area contributed by atoms with E-state index in [2.05, 4.69) is 10.9 Å². The summed E-state index contributed by atoms with van der Waals surface area (Å²) < 4.78 is 5.35. The quantitative estimate of drug-likeness (QED) is 0.797. The molecular formula is C14H12N2O4. The standard InChI is InChI=1S/C14H12N2O4/c17-10-7-12(20-11-4-2-1-3-9(10)11)14(19)16-15-13(18)8-5-6-8/h1-4,7-8H,5-6H2,(H,15,18)(H,16,19). The van der Waals surface area contributed by atoms with Crippen LogP contribution >= 0.6 is 0 Å². The van der Waals surface area contributed by atoms with Crippen molar-refractivity contribution in [2.75, 3.05) is 0 Å². The number of carbonyl (C=O) groups excluding carboxylic acids is 2. The maximum absolute atomic E-state index is 11.8. The summed E-state index contributed by atoms with van der Waals surface area (Å²) >= 11 is 0. The van der Waals surface area contributed by atoms with Crippen LogP contribution in [0, 0.1) is 5.92 Å². The Balaban J connectivity index is 1.80. The fraction of sp³-hybridized carbons (Fsp3) is 0.214. The fourth-order valence-electron chi connectivity index (χ4n) is 1.84. The Morgan fingerprint density at radius 3 is 2.65 bits per heavy atom. The maximum Gasteiger partial charge on any atom is 0.305 e. The SMILES string of the molecule is O=C(NNC(=O)C1CC1)c1cc(=O)c2ccccc2o1. The highest BCUT2D eigenvalue weighted by molar-refractivity contribution is 5.94. The third-order valence-corrected chi connectivity index (χ3v) is 3.11. The minimum Gasteiger partial charge on any atom is -0.451 e. The van der Waals surface area contributed by atoms with Crippen molar-refractivity contribution < 1.29 is 14.0 Å². The largest absolute Gasteiger partial charge is 0.451 e. The minimum atomic E-state index is -0.651. The van der Waals surface area contributed by atoms with E-state index in [1.807, 2.05) is 0 Å². The van der Waals surface area contributed by atoms with Crippen molar-refractivity contribution in [2.24, 2.45) is 5.92 Å². The molecule has 1 fully saturated rings. The smallest absolute Gasteiger partial charge is 0.305 e. The summed E-state index contributed by atoms with van der Waals surface area (Å²) in [7, 11) is 0. The average molecular weight is 272 g/mol. The first-order valence-electron chi connectivity index (χ1n) is 6.28. The molecule has 0 bridgehead atoms. The number of benzene rings is 1. The Morgan fingerprint density at radius 2 is 1.90 bits per heavy atom. The van der Waals surface area contributed by atoms with E-state index in [0.717, 1.165) is 18.9 Å². The van der Waals surface area contributed by atoms with Gasteiger partial charge in [-0.2, -0.15) is 0 Å². The van der Waals surface area contributed by atoms with Crippen LogP contribution in [-0.2, 0) is 4.79 Å². The summed E-state index contributed by atoms with van der Waals surface area (Å²) in [5.74, 6) is -1.02. The van der Waals surface area contributed by atoms with E-state index in [9.17, 15) is 14.4 Å². The van der Waals surface area contributed by atoms with Crippen LogP contribution < -0.4 is 16.3 Å². The van der Waals surface area contributed by atoms with E-state index >= 15 is 0 Å². The number of hydrogen-bond donors (Lipinski definition) is 2. The third kappa shape index (κ3) is 2.40. The number of amides is 2. The Labute approximate surface area is 113 Å². The molecule has 1 aliphatic carbocycles. The number of hydrazine groups is 1. The first-order valence-corrected chi connectivity index (χ1v) is 6.28. The van der Waals surface area contributed by atoms with E-state index in [0.29, 0.717) is 11.0 Å². The van der Waals surface area contributed by atoms with Crippen molar-refractivity contribution in [1.29, 1.82) is 0 Å². The van der Waals surface area contributed by atoms with Gasteiger partial charge in [-0.15, -0.1) is 0 Å². The highest BCUT2D eigenvalue weighted by atomic mass is 16.3. The molecule has 0 saturated heterocycles. The molecule has 2 amide bonds. The molecule has 2 N–H and O–H groups in total. The van der Waals surface area contributed by atoms with Gasteiger partial charge in [0.05, 0.1) is 5.39 Å². The van der Waals surface area contributed by atoms with E-state index in [4.69, 9.17) is 4.42 Å². The first-order chi connectivity index (χ1) is 9.65. The molecule has 1 aliphatic rings. The lowest BCUT2D eigenvalue weighted by Crippen LogP contribution is -2.42. The summed E-state index contributed by atoms with van der Waals surface area (Å²) in [5, 5.41) is 0.408. The lowest BCUT2D eigenvalue weighted by molar-refractivity contribution is -0.123. The molecule has 1 aromatic heterocycles. The zero-order valence-electron chi connectivity index (χ0n) is 10.5. The van der Waals surface area contributed by atoms with E-state index in [1.54, 1.807) is 24.3 Å². The number of rotatable bonds is 2. The molecule has 0 spiro atoms. The molecule has 3 rings (SSSR count). The predicted octanol–water partition coefficient (Wildman–Crippen LogP) is 0.964. The van der Waals surface area contributed by atoms with Crippen LogP contribution in [0.2, 0.25) is 0 Å². The summed E-state index contributed by atoms with van der Waals surface area (Å²) in [6.07, 6.45) is 1.68. The van der Waals surface area contributed by atoms with Crippen molar-refractivity contribution in [3.63, 3.8) is 0 Å². The number of nitrogens with one attached hydrogen (secondary N) is 2. The second kappa shape index (κ2) is 4.80.